The van der Waals surface area contributed by atoms with Gasteiger partial charge in [-0.1, -0.05) is 31.9 Å². The molecule has 142 valence electrons. The van der Waals surface area contributed by atoms with Gasteiger partial charge in [0.25, 0.3) is 0 Å². The molecule has 1 aromatic rings. The van der Waals surface area contributed by atoms with E-state index in [1.165, 1.54) is 0 Å². The third-order valence-corrected chi connectivity index (χ3v) is 4.36. The number of carbonyl (C=O) groups excluding carboxylic acids is 3. The van der Waals surface area contributed by atoms with E-state index in [2.05, 4.69) is 17.6 Å². The van der Waals surface area contributed by atoms with E-state index in [4.69, 9.17) is 0 Å². The van der Waals surface area contributed by atoms with Crippen molar-refractivity contribution in [2.75, 3.05) is 18.4 Å². The van der Waals surface area contributed by atoms with Gasteiger partial charge in [-0.25, -0.2) is 0 Å². The van der Waals surface area contributed by atoms with Crippen LogP contribution in [0.15, 0.2) is 24.3 Å². The van der Waals surface area contributed by atoms with Crippen LogP contribution in [0.2, 0.25) is 0 Å². The summed E-state index contributed by atoms with van der Waals surface area (Å²) < 4.78 is 0. The molecular formula is C20H29N3O3. The van der Waals surface area contributed by atoms with Crippen LogP contribution in [-0.4, -0.2) is 41.8 Å². The van der Waals surface area contributed by atoms with Crippen LogP contribution in [0.3, 0.4) is 0 Å². The number of rotatable bonds is 10. The Morgan fingerprint density at radius 2 is 1.92 bits per heavy atom. The third-order valence-electron chi connectivity index (χ3n) is 4.36. The number of nitrogens with zero attached hydrogens (tertiary/aromatic N) is 1. The number of nitrogens with one attached hydrogen (secondary N) is 2. The molecule has 2 N–H and O–H groups in total. The first kappa shape index (κ1) is 19.9. The fourth-order valence-corrected chi connectivity index (χ4v) is 2.79. The Balaban J connectivity index is 1.75. The quantitative estimate of drug-likeness (QED) is 0.630. The Morgan fingerprint density at radius 1 is 1.15 bits per heavy atom. The third kappa shape index (κ3) is 6.86. The van der Waals surface area contributed by atoms with E-state index in [0.29, 0.717) is 12.1 Å². The Morgan fingerprint density at radius 3 is 2.58 bits per heavy atom. The van der Waals surface area contributed by atoms with Gasteiger partial charge in [0, 0.05) is 18.2 Å². The Kier molecular flexibility index (Phi) is 7.63. The van der Waals surface area contributed by atoms with Gasteiger partial charge >= 0.3 is 0 Å². The van der Waals surface area contributed by atoms with Crippen LogP contribution in [0.1, 0.15) is 51.0 Å². The van der Waals surface area contributed by atoms with Gasteiger partial charge in [-0.15, -0.1) is 0 Å². The lowest BCUT2D eigenvalue weighted by Gasteiger charge is -2.22. The molecule has 0 heterocycles. The molecule has 1 saturated carbocycles. The van der Waals surface area contributed by atoms with Gasteiger partial charge < -0.3 is 15.5 Å². The first-order valence-corrected chi connectivity index (χ1v) is 9.42. The molecule has 0 aliphatic heterocycles. The molecule has 0 aromatic heterocycles. The Labute approximate surface area is 155 Å². The molecule has 3 amide bonds. The number of amides is 3. The molecule has 1 aliphatic rings. The van der Waals surface area contributed by atoms with Gasteiger partial charge in [0.05, 0.1) is 13.1 Å². The second kappa shape index (κ2) is 9.94. The molecule has 0 spiro atoms. The van der Waals surface area contributed by atoms with Gasteiger partial charge in [-0.3, -0.25) is 14.4 Å². The second-order valence-electron chi connectivity index (χ2n) is 6.90. The average Bonchev–Trinajstić information content (AvgIpc) is 3.43. The molecule has 1 aliphatic carbocycles. The van der Waals surface area contributed by atoms with Crippen molar-refractivity contribution >= 4 is 23.4 Å². The van der Waals surface area contributed by atoms with Crippen LogP contribution < -0.4 is 10.6 Å². The molecule has 2 rings (SSSR count). The summed E-state index contributed by atoms with van der Waals surface area (Å²) in [7, 11) is 0. The summed E-state index contributed by atoms with van der Waals surface area (Å²) in [4.78, 5) is 38.1. The molecule has 0 radical (unpaired) electrons. The van der Waals surface area contributed by atoms with E-state index in [-0.39, 0.29) is 36.9 Å². The molecule has 1 fully saturated rings. The van der Waals surface area contributed by atoms with Crippen molar-refractivity contribution in [2.24, 2.45) is 0 Å². The van der Waals surface area contributed by atoms with E-state index >= 15 is 0 Å². The Hall–Kier alpha value is -2.37. The highest BCUT2D eigenvalue weighted by Gasteiger charge is 2.33. The fraction of sp³-hybridized carbons (Fsp3) is 0.550. The maximum atomic E-state index is 12.3. The summed E-state index contributed by atoms with van der Waals surface area (Å²) in [6.07, 6.45) is 5.36. The minimum Gasteiger partial charge on any atom is -0.345 e. The van der Waals surface area contributed by atoms with Gasteiger partial charge in [0.15, 0.2) is 0 Å². The first-order valence-electron chi connectivity index (χ1n) is 9.42. The van der Waals surface area contributed by atoms with E-state index in [1.54, 1.807) is 11.0 Å². The first-order chi connectivity index (χ1) is 12.5. The number of carbonyl (C=O) groups is 3. The zero-order valence-electron chi connectivity index (χ0n) is 15.7. The Bertz CT molecular complexity index is 641. The van der Waals surface area contributed by atoms with Crippen molar-refractivity contribution in [1.82, 2.24) is 10.2 Å². The number of benzene rings is 1. The lowest BCUT2D eigenvalue weighted by molar-refractivity contribution is -0.136. The largest absolute Gasteiger partial charge is 0.345 e. The van der Waals surface area contributed by atoms with Gasteiger partial charge in [0.2, 0.25) is 17.7 Å². The van der Waals surface area contributed by atoms with Crippen molar-refractivity contribution in [3.05, 3.63) is 29.8 Å². The van der Waals surface area contributed by atoms with Crippen LogP contribution in [0, 0.1) is 6.92 Å². The van der Waals surface area contributed by atoms with Crippen LogP contribution >= 0.6 is 0 Å². The lowest BCUT2D eigenvalue weighted by Crippen LogP contribution is -2.43. The maximum absolute atomic E-state index is 12.3. The molecule has 0 saturated heterocycles. The maximum Gasteiger partial charge on any atom is 0.243 e. The van der Waals surface area contributed by atoms with Gasteiger partial charge in [-0.05, 0) is 43.9 Å². The van der Waals surface area contributed by atoms with Gasteiger partial charge in [0.1, 0.15) is 0 Å². The average molecular weight is 359 g/mol. The molecule has 0 atom stereocenters. The molecule has 26 heavy (non-hydrogen) atoms. The standard InChI is InChI=1S/C20H29N3O3/c1-3-4-5-9-20(26)23(17-10-11-17)14-19(25)21-13-18(24)22-16-8-6-7-15(2)12-16/h6-8,12,17H,3-5,9-11,13-14H2,1-2H3,(H,21,25)(H,22,24). The lowest BCUT2D eigenvalue weighted by atomic mass is 10.2. The van der Waals surface area contributed by atoms with Crippen molar-refractivity contribution in [3.8, 4) is 0 Å². The fourth-order valence-electron chi connectivity index (χ4n) is 2.79. The molecule has 0 bridgehead atoms. The summed E-state index contributed by atoms with van der Waals surface area (Å²) in [5.41, 5.74) is 1.75. The summed E-state index contributed by atoms with van der Waals surface area (Å²) in [5.74, 6) is -0.531. The predicted molar refractivity (Wildman–Crippen MR) is 102 cm³/mol. The van der Waals surface area contributed by atoms with Crippen molar-refractivity contribution in [1.29, 1.82) is 0 Å². The van der Waals surface area contributed by atoms with E-state index < -0.39 is 0 Å². The summed E-state index contributed by atoms with van der Waals surface area (Å²) in [6.45, 7) is 3.97. The van der Waals surface area contributed by atoms with Crippen molar-refractivity contribution < 1.29 is 14.4 Å². The van der Waals surface area contributed by atoms with E-state index in [1.807, 2.05) is 25.1 Å². The summed E-state index contributed by atoms with van der Waals surface area (Å²) >= 11 is 0. The van der Waals surface area contributed by atoms with E-state index in [0.717, 1.165) is 37.7 Å². The van der Waals surface area contributed by atoms with Crippen LogP contribution in [0.4, 0.5) is 5.69 Å². The van der Waals surface area contributed by atoms with Crippen LogP contribution in [-0.2, 0) is 14.4 Å². The highest BCUT2D eigenvalue weighted by molar-refractivity contribution is 5.95. The number of anilines is 1. The minimum atomic E-state index is -0.292. The topological polar surface area (TPSA) is 78.5 Å². The molecular weight excluding hydrogens is 330 g/mol. The normalized spacial score (nSPS) is 13.2. The number of aryl methyl sites for hydroxylation is 1. The van der Waals surface area contributed by atoms with Crippen molar-refractivity contribution in [3.63, 3.8) is 0 Å². The molecule has 6 nitrogen and oxygen atoms in total. The van der Waals surface area contributed by atoms with E-state index in [9.17, 15) is 14.4 Å². The molecule has 6 heteroatoms. The number of unbranched alkanes of at least 4 members (excludes halogenated alkanes) is 2. The summed E-state index contributed by atoms with van der Waals surface area (Å²) in [5, 5.41) is 5.36. The molecule has 1 aromatic carbocycles. The number of hydrogen-bond donors (Lipinski definition) is 2. The summed E-state index contributed by atoms with van der Waals surface area (Å²) in [6, 6.07) is 7.67. The predicted octanol–water partition coefficient (Wildman–Crippen LogP) is 2.62. The zero-order valence-corrected chi connectivity index (χ0v) is 15.7. The molecule has 0 unspecified atom stereocenters. The van der Waals surface area contributed by atoms with Crippen LogP contribution in [0.25, 0.3) is 0 Å². The highest BCUT2D eigenvalue weighted by Crippen LogP contribution is 2.27. The zero-order chi connectivity index (χ0) is 18.9. The van der Waals surface area contributed by atoms with Crippen LogP contribution in [0.5, 0.6) is 0 Å². The smallest absolute Gasteiger partial charge is 0.243 e. The van der Waals surface area contributed by atoms with Gasteiger partial charge in [-0.2, -0.15) is 0 Å². The second-order valence-corrected chi connectivity index (χ2v) is 6.90. The van der Waals surface area contributed by atoms with Crippen molar-refractivity contribution in [2.45, 2.75) is 58.4 Å². The monoisotopic (exact) mass is 359 g/mol. The number of hydrogen-bond acceptors (Lipinski definition) is 3. The minimum absolute atomic E-state index is 0.0351. The highest BCUT2D eigenvalue weighted by atomic mass is 16.2. The SMILES string of the molecule is CCCCCC(=O)N(CC(=O)NCC(=O)Nc1cccc(C)c1)C1CC1.